The molecule has 0 amide bonds. The fourth-order valence-corrected chi connectivity index (χ4v) is 3.39. The van der Waals surface area contributed by atoms with E-state index in [1.165, 1.54) is 19.3 Å². The van der Waals surface area contributed by atoms with Gasteiger partial charge in [-0.15, -0.1) is 0 Å². The van der Waals surface area contributed by atoms with Gasteiger partial charge < -0.3 is 4.90 Å². The number of anilines is 1. The molecule has 2 fully saturated rings. The van der Waals surface area contributed by atoms with Crippen molar-refractivity contribution in [1.82, 2.24) is 4.98 Å². The lowest BCUT2D eigenvalue weighted by Gasteiger charge is -2.30. The summed E-state index contributed by atoms with van der Waals surface area (Å²) in [6, 6.07) is 5.06. The minimum atomic E-state index is 0.660. The molecule has 1 saturated heterocycles. The summed E-state index contributed by atoms with van der Waals surface area (Å²) in [6.45, 7) is 5.07. The molecule has 88 valence electrons. The Morgan fingerprint density at radius 3 is 2.82 bits per heavy atom. The van der Waals surface area contributed by atoms with Crippen molar-refractivity contribution in [3.8, 4) is 6.07 Å². The summed E-state index contributed by atoms with van der Waals surface area (Å²) in [5.74, 6) is 0.848. The van der Waals surface area contributed by atoms with Crippen molar-refractivity contribution in [3.63, 3.8) is 0 Å². The predicted molar refractivity (Wildman–Crippen MR) is 66.9 cm³/mol. The van der Waals surface area contributed by atoms with Crippen molar-refractivity contribution in [2.24, 2.45) is 5.92 Å². The highest BCUT2D eigenvalue weighted by Gasteiger charge is 2.38. The third-order valence-electron chi connectivity index (χ3n) is 4.14. The van der Waals surface area contributed by atoms with Gasteiger partial charge in [0, 0.05) is 18.3 Å². The summed E-state index contributed by atoms with van der Waals surface area (Å²) in [5, 5.41) is 9.30. The van der Waals surface area contributed by atoms with Crippen molar-refractivity contribution in [2.75, 3.05) is 11.4 Å². The van der Waals surface area contributed by atoms with E-state index >= 15 is 0 Å². The molecule has 2 heterocycles. The molecular weight excluding hydrogens is 210 g/mol. The van der Waals surface area contributed by atoms with E-state index in [0.29, 0.717) is 6.04 Å². The van der Waals surface area contributed by atoms with Crippen molar-refractivity contribution in [2.45, 2.75) is 39.2 Å². The number of aromatic nitrogens is 1. The molecule has 0 N–H and O–H groups in total. The molecule has 0 aromatic carbocycles. The highest BCUT2D eigenvalue weighted by Crippen LogP contribution is 2.41. The lowest BCUT2D eigenvalue weighted by atomic mass is 10.1. The first-order chi connectivity index (χ1) is 8.19. The fourth-order valence-electron chi connectivity index (χ4n) is 3.39. The molecule has 1 aromatic heterocycles. The Balaban J connectivity index is 2.06. The van der Waals surface area contributed by atoms with Crippen molar-refractivity contribution in [1.29, 1.82) is 5.26 Å². The first-order valence-electron chi connectivity index (χ1n) is 6.34. The molecule has 0 spiro atoms. The summed E-state index contributed by atoms with van der Waals surface area (Å²) in [6.07, 6.45) is 3.97. The highest BCUT2D eigenvalue weighted by molar-refractivity contribution is 5.63. The van der Waals surface area contributed by atoms with Crippen molar-refractivity contribution >= 4 is 5.69 Å². The Labute approximate surface area is 102 Å². The van der Waals surface area contributed by atoms with E-state index in [2.05, 4.69) is 22.0 Å². The Morgan fingerprint density at radius 2 is 2.24 bits per heavy atom. The Morgan fingerprint density at radius 1 is 1.41 bits per heavy atom. The van der Waals surface area contributed by atoms with Gasteiger partial charge in [-0.1, -0.05) is 0 Å². The highest BCUT2D eigenvalue weighted by atomic mass is 15.2. The monoisotopic (exact) mass is 227 g/mol. The average Bonchev–Trinajstić information content (AvgIpc) is 2.89. The van der Waals surface area contributed by atoms with Crippen LogP contribution in [0.25, 0.3) is 0 Å². The number of hydrogen-bond acceptors (Lipinski definition) is 3. The Bertz CT molecular complexity index is 501. The minimum Gasteiger partial charge on any atom is -0.367 e. The van der Waals surface area contributed by atoms with Crippen molar-refractivity contribution < 1.29 is 0 Å². The molecule has 2 atom stereocenters. The van der Waals surface area contributed by atoms with Crippen LogP contribution in [-0.2, 0) is 0 Å². The van der Waals surface area contributed by atoms with Gasteiger partial charge in [0.25, 0.3) is 0 Å². The van der Waals surface area contributed by atoms with Crippen LogP contribution in [0.4, 0.5) is 5.69 Å². The quantitative estimate of drug-likeness (QED) is 0.740. The van der Waals surface area contributed by atoms with Crippen LogP contribution >= 0.6 is 0 Å². The van der Waals surface area contributed by atoms with Gasteiger partial charge in [0.1, 0.15) is 6.07 Å². The summed E-state index contributed by atoms with van der Waals surface area (Å²) in [7, 11) is 0. The predicted octanol–water partition coefficient (Wildman–Crippen LogP) is 2.56. The maximum absolute atomic E-state index is 9.30. The molecule has 1 aliphatic heterocycles. The number of piperidine rings is 1. The zero-order chi connectivity index (χ0) is 12.0. The molecule has 0 radical (unpaired) electrons. The normalized spacial score (nSPS) is 26.3. The van der Waals surface area contributed by atoms with Crippen LogP contribution in [0, 0.1) is 31.1 Å². The number of aryl methyl sites for hydroxylation is 2. The third-order valence-corrected chi connectivity index (χ3v) is 4.14. The maximum Gasteiger partial charge on any atom is 0.103 e. The standard InChI is InChI=1S/C14H17N3/c1-9-5-14(13(7-15)10(2)16-9)17-8-11-3-4-12(17)6-11/h5,11-12H,3-4,6,8H2,1-2H3. The second-order valence-corrected chi connectivity index (χ2v) is 5.34. The molecule has 1 aromatic rings. The molecule has 1 aliphatic carbocycles. The lowest BCUT2D eigenvalue weighted by Crippen LogP contribution is -2.32. The molecule has 3 nitrogen and oxygen atoms in total. The Hall–Kier alpha value is -1.56. The fraction of sp³-hybridized carbons (Fsp3) is 0.571. The summed E-state index contributed by atoms with van der Waals surface area (Å²) < 4.78 is 0. The van der Waals surface area contributed by atoms with Crippen LogP contribution in [0.1, 0.15) is 36.2 Å². The summed E-state index contributed by atoms with van der Waals surface area (Å²) >= 11 is 0. The van der Waals surface area contributed by atoms with Crippen LogP contribution in [0.3, 0.4) is 0 Å². The second kappa shape index (κ2) is 3.73. The SMILES string of the molecule is Cc1cc(N2CC3CCC2C3)c(C#N)c(C)n1. The van der Waals surface area contributed by atoms with Crippen molar-refractivity contribution in [3.05, 3.63) is 23.0 Å². The van der Waals surface area contributed by atoms with Gasteiger partial charge in [-0.05, 0) is 45.1 Å². The molecule has 2 aliphatic rings. The number of pyridine rings is 1. The molecule has 2 bridgehead atoms. The van der Waals surface area contributed by atoms with Crippen LogP contribution in [-0.4, -0.2) is 17.6 Å². The topological polar surface area (TPSA) is 39.9 Å². The van der Waals surface area contributed by atoms with Gasteiger partial charge in [0.15, 0.2) is 0 Å². The van der Waals surface area contributed by atoms with Gasteiger partial charge in [-0.2, -0.15) is 5.26 Å². The first kappa shape index (κ1) is 10.6. The van der Waals surface area contributed by atoms with E-state index in [0.717, 1.165) is 35.1 Å². The van der Waals surface area contributed by atoms with E-state index in [1.54, 1.807) is 0 Å². The van der Waals surface area contributed by atoms with Crippen LogP contribution in [0.2, 0.25) is 0 Å². The largest absolute Gasteiger partial charge is 0.367 e. The number of nitrogens with zero attached hydrogens (tertiary/aromatic N) is 3. The molecule has 3 rings (SSSR count). The minimum absolute atomic E-state index is 0.660. The summed E-state index contributed by atoms with van der Waals surface area (Å²) in [4.78, 5) is 6.83. The smallest absolute Gasteiger partial charge is 0.103 e. The molecule has 2 unspecified atom stereocenters. The van der Waals surface area contributed by atoms with Gasteiger partial charge in [0.2, 0.25) is 0 Å². The number of hydrogen-bond donors (Lipinski definition) is 0. The number of rotatable bonds is 1. The van der Waals surface area contributed by atoms with Gasteiger partial charge in [-0.25, -0.2) is 0 Å². The van der Waals surface area contributed by atoms with Crippen LogP contribution < -0.4 is 4.90 Å². The van der Waals surface area contributed by atoms with E-state index in [4.69, 9.17) is 0 Å². The number of fused-ring (bicyclic) bond motifs is 2. The van der Waals surface area contributed by atoms with E-state index < -0.39 is 0 Å². The second-order valence-electron chi connectivity index (χ2n) is 5.34. The summed E-state index contributed by atoms with van der Waals surface area (Å²) in [5.41, 5.74) is 3.76. The zero-order valence-corrected chi connectivity index (χ0v) is 10.4. The number of nitriles is 1. The van der Waals surface area contributed by atoms with Gasteiger partial charge in [0.05, 0.1) is 16.9 Å². The van der Waals surface area contributed by atoms with Gasteiger partial charge in [-0.3, -0.25) is 4.98 Å². The Kier molecular flexibility index (Phi) is 2.32. The average molecular weight is 227 g/mol. The first-order valence-corrected chi connectivity index (χ1v) is 6.34. The molecule has 1 saturated carbocycles. The van der Waals surface area contributed by atoms with Crippen LogP contribution in [0.15, 0.2) is 6.07 Å². The molecular formula is C14H17N3. The zero-order valence-electron chi connectivity index (χ0n) is 10.4. The maximum atomic E-state index is 9.30. The third kappa shape index (κ3) is 1.59. The van der Waals surface area contributed by atoms with Gasteiger partial charge >= 0.3 is 0 Å². The van der Waals surface area contributed by atoms with E-state index in [1.807, 2.05) is 13.8 Å². The lowest BCUT2D eigenvalue weighted by molar-refractivity contribution is 0.553. The van der Waals surface area contributed by atoms with E-state index in [9.17, 15) is 5.26 Å². The molecule has 3 heteroatoms. The molecule has 17 heavy (non-hydrogen) atoms. The van der Waals surface area contributed by atoms with E-state index in [-0.39, 0.29) is 0 Å². The van der Waals surface area contributed by atoms with Crippen LogP contribution in [0.5, 0.6) is 0 Å².